The molecule has 0 radical (unpaired) electrons. The highest BCUT2D eigenvalue weighted by Crippen LogP contribution is 2.25. The van der Waals surface area contributed by atoms with E-state index in [0.29, 0.717) is 17.9 Å². The molecule has 2 aromatic rings. The third-order valence-corrected chi connectivity index (χ3v) is 4.93. The van der Waals surface area contributed by atoms with Crippen LogP contribution in [0.1, 0.15) is 43.7 Å². The fourth-order valence-corrected chi connectivity index (χ4v) is 3.14. The smallest absolute Gasteiger partial charge is 0.328 e. The van der Waals surface area contributed by atoms with E-state index in [1.807, 2.05) is 13.8 Å². The maximum Gasteiger partial charge on any atom is 0.328 e. The lowest BCUT2D eigenvalue weighted by Gasteiger charge is -2.14. The monoisotopic (exact) mass is 322 g/mol. The molecule has 2 aromatic heterocycles. The summed E-state index contributed by atoms with van der Waals surface area (Å²) >= 11 is 1.50. The fraction of sp³-hybridized carbons (Fsp3) is 0.562. The van der Waals surface area contributed by atoms with E-state index in [1.165, 1.54) is 22.2 Å². The number of nitrogens with zero attached hydrogens (tertiary/aromatic N) is 2. The van der Waals surface area contributed by atoms with Crippen molar-refractivity contribution in [3.05, 3.63) is 27.1 Å². The molecule has 0 aliphatic rings. The van der Waals surface area contributed by atoms with Gasteiger partial charge in [-0.1, -0.05) is 13.8 Å². The van der Waals surface area contributed by atoms with E-state index in [2.05, 4.69) is 18.8 Å². The quantitative estimate of drug-likeness (QED) is 0.793. The Bertz CT molecular complexity index is 746. The molecule has 5 nitrogen and oxygen atoms in total. The van der Waals surface area contributed by atoms with Crippen LogP contribution in [-0.4, -0.2) is 22.1 Å². The van der Waals surface area contributed by atoms with Gasteiger partial charge in [0.25, 0.3) is 5.56 Å². The highest BCUT2D eigenvalue weighted by atomic mass is 32.1. The zero-order chi connectivity index (χ0) is 16.4. The Morgan fingerprint density at radius 1 is 1.36 bits per heavy atom. The number of esters is 1. The first-order chi connectivity index (χ1) is 10.3. The van der Waals surface area contributed by atoms with Crippen molar-refractivity contribution in [2.75, 3.05) is 6.61 Å². The van der Waals surface area contributed by atoms with Crippen LogP contribution in [0, 0.1) is 19.8 Å². The van der Waals surface area contributed by atoms with Crippen LogP contribution in [0.4, 0.5) is 0 Å². The number of hydrogen-bond donors (Lipinski definition) is 0. The van der Waals surface area contributed by atoms with E-state index in [-0.39, 0.29) is 5.56 Å². The molecule has 0 N–H and O–H groups in total. The van der Waals surface area contributed by atoms with Crippen LogP contribution in [0.5, 0.6) is 0 Å². The third kappa shape index (κ3) is 3.21. The molecule has 0 aliphatic carbocycles. The predicted octanol–water partition coefficient (Wildman–Crippen LogP) is 3.23. The van der Waals surface area contributed by atoms with Crippen LogP contribution in [0.3, 0.4) is 0 Å². The molecule has 1 atom stereocenters. The second-order valence-electron chi connectivity index (χ2n) is 5.95. The van der Waals surface area contributed by atoms with Crippen molar-refractivity contribution in [2.24, 2.45) is 5.92 Å². The van der Waals surface area contributed by atoms with Gasteiger partial charge in [-0.3, -0.25) is 9.36 Å². The summed E-state index contributed by atoms with van der Waals surface area (Å²) in [5.41, 5.74) is 0.757. The zero-order valence-corrected chi connectivity index (χ0v) is 14.5. The highest BCUT2D eigenvalue weighted by molar-refractivity contribution is 7.18. The number of carbonyl (C=O) groups excluding carboxylic acids is 1. The molecule has 6 heteroatoms. The largest absolute Gasteiger partial charge is 0.464 e. The van der Waals surface area contributed by atoms with Crippen LogP contribution in [0.25, 0.3) is 10.2 Å². The number of hydrogen-bond acceptors (Lipinski definition) is 5. The van der Waals surface area contributed by atoms with Crippen molar-refractivity contribution in [2.45, 2.75) is 47.1 Å². The average molecular weight is 322 g/mol. The van der Waals surface area contributed by atoms with Crippen molar-refractivity contribution >= 4 is 27.5 Å². The Labute approximate surface area is 133 Å². The summed E-state index contributed by atoms with van der Waals surface area (Å²) < 4.78 is 6.61. The normalized spacial score (nSPS) is 12.8. The number of carbonyl (C=O) groups is 1. The molecule has 0 saturated carbocycles. The Balaban J connectivity index is 2.26. The lowest BCUT2D eigenvalue weighted by Crippen LogP contribution is -2.29. The van der Waals surface area contributed by atoms with E-state index in [9.17, 15) is 9.59 Å². The SMILES string of the molecule is Cc1sc2ncn([C@@H](C)C(=O)OCCC(C)C)c(=O)c2c1C. The van der Waals surface area contributed by atoms with E-state index >= 15 is 0 Å². The van der Waals surface area contributed by atoms with E-state index < -0.39 is 12.0 Å². The average Bonchev–Trinajstić information content (AvgIpc) is 2.74. The van der Waals surface area contributed by atoms with Gasteiger partial charge in [0.15, 0.2) is 0 Å². The molecule has 2 rings (SSSR count). The summed E-state index contributed by atoms with van der Waals surface area (Å²) in [4.78, 5) is 30.8. The minimum Gasteiger partial charge on any atom is -0.464 e. The summed E-state index contributed by atoms with van der Waals surface area (Å²) in [6, 6.07) is -0.670. The minimum atomic E-state index is -0.670. The molecular weight excluding hydrogens is 300 g/mol. The highest BCUT2D eigenvalue weighted by Gasteiger charge is 2.21. The molecule has 0 bridgehead atoms. The Morgan fingerprint density at radius 2 is 2.05 bits per heavy atom. The second kappa shape index (κ2) is 6.60. The number of rotatable bonds is 5. The van der Waals surface area contributed by atoms with Crippen molar-refractivity contribution < 1.29 is 9.53 Å². The number of aryl methyl sites for hydroxylation is 2. The molecular formula is C16H22N2O3S. The van der Waals surface area contributed by atoms with Crippen molar-refractivity contribution in [3.8, 4) is 0 Å². The molecule has 0 saturated heterocycles. The topological polar surface area (TPSA) is 61.2 Å². The molecule has 0 spiro atoms. The van der Waals surface area contributed by atoms with Gasteiger partial charge in [0, 0.05) is 4.88 Å². The van der Waals surface area contributed by atoms with Gasteiger partial charge in [0.05, 0.1) is 18.3 Å². The Kier molecular flexibility index (Phi) is 5.01. The lowest BCUT2D eigenvalue weighted by atomic mass is 10.1. The van der Waals surface area contributed by atoms with Crippen molar-refractivity contribution in [3.63, 3.8) is 0 Å². The zero-order valence-electron chi connectivity index (χ0n) is 13.7. The molecule has 0 aliphatic heterocycles. The van der Waals surface area contributed by atoms with E-state index in [0.717, 1.165) is 21.7 Å². The molecule has 0 fully saturated rings. The molecule has 0 aromatic carbocycles. The van der Waals surface area contributed by atoms with Gasteiger partial charge in [0.2, 0.25) is 0 Å². The Hall–Kier alpha value is -1.69. The summed E-state index contributed by atoms with van der Waals surface area (Å²) in [7, 11) is 0. The van der Waals surface area contributed by atoms with Crippen molar-refractivity contribution in [1.82, 2.24) is 9.55 Å². The van der Waals surface area contributed by atoms with Crippen LogP contribution >= 0.6 is 11.3 Å². The molecule has 120 valence electrons. The number of ether oxygens (including phenoxy) is 1. The first-order valence-electron chi connectivity index (χ1n) is 7.46. The van der Waals surface area contributed by atoms with Crippen LogP contribution < -0.4 is 5.56 Å². The summed E-state index contributed by atoms with van der Waals surface area (Å²) in [6.45, 7) is 10.1. The van der Waals surface area contributed by atoms with Gasteiger partial charge < -0.3 is 4.74 Å². The number of aromatic nitrogens is 2. The maximum absolute atomic E-state index is 12.6. The lowest BCUT2D eigenvalue weighted by molar-refractivity contribution is -0.147. The van der Waals surface area contributed by atoms with Crippen LogP contribution in [0.15, 0.2) is 11.1 Å². The summed E-state index contributed by atoms with van der Waals surface area (Å²) in [5, 5.41) is 0.604. The first-order valence-corrected chi connectivity index (χ1v) is 8.28. The maximum atomic E-state index is 12.6. The molecule has 22 heavy (non-hydrogen) atoms. The Morgan fingerprint density at radius 3 is 2.68 bits per heavy atom. The fourth-order valence-electron chi connectivity index (χ4n) is 2.15. The number of fused-ring (bicyclic) bond motifs is 1. The molecule has 0 unspecified atom stereocenters. The number of thiophene rings is 1. The van der Waals surface area contributed by atoms with E-state index in [4.69, 9.17) is 4.74 Å². The van der Waals surface area contributed by atoms with Gasteiger partial charge in [-0.05, 0) is 38.7 Å². The van der Waals surface area contributed by atoms with Crippen molar-refractivity contribution in [1.29, 1.82) is 0 Å². The van der Waals surface area contributed by atoms with Crippen LogP contribution in [-0.2, 0) is 9.53 Å². The third-order valence-electron chi connectivity index (χ3n) is 3.81. The minimum absolute atomic E-state index is 0.180. The van der Waals surface area contributed by atoms with E-state index in [1.54, 1.807) is 6.92 Å². The molecule has 2 heterocycles. The van der Waals surface area contributed by atoms with Gasteiger partial charge >= 0.3 is 5.97 Å². The van der Waals surface area contributed by atoms with Gasteiger partial charge in [-0.15, -0.1) is 11.3 Å². The van der Waals surface area contributed by atoms with Gasteiger partial charge in [-0.25, -0.2) is 9.78 Å². The standard InChI is InChI=1S/C16H22N2O3S/c1-9(2)6-7-21-16(20)11(4)18-8-17-14-13(15(18)19)10(3)12(5)22-14/h8-9,11H,6-7H2,1-5H3/t11-/m0/s1. The summed E-state index contributed by atoms with van der Waals surface area (Å²) in [6.07, 6.45) is 2.25. The van der Waals surface area contributed by atoms with Gasteiger partial charge in [-0.2, -0.15) is 0 Å². The first kappa shape index (κ1) is 16.7. The van der Waals surface area contributed by atoms with Crippen LogP contribution in [0.2, 0.25) is 0 Å². The predicted molar refractivity (Wildman–Crippen MR) is 88.5 cm³/mol. The van der Waals surface area contributed by atoms with Gasteiger partial charge in [0.1, 0.15) is 10.9 Å². The second-order valence-corrected chi connectivity index (χ2v) is 7.15. The molecule has 0 amide bonds. The summed E-state index contributed by atoms with van der Waals surface area (Å²) in [5.74, 6) is 0.0776.